The molecule has 0 aliphatic carbocycles. The van der Waals surface area contributed by atoms with Crippen LogP contribution in [0.15, 0.2) is 42.6 Å². The van der Waals surface area contributed by atoms with Gasteiger partial charge >= 0.3 is 0 Å². The topological polar surface area (TPSA) is 39.1 Å². The number of ether oxygens (including phenoxy) is 1. The maximum absolute atomic E-state index is 5.62. The van der Waals surface area contributed by atoms with Crippen molar-refractivity contribution < 1.29 is 4.74 Å². The Morgan fingerprint density at radius 1 is 1.28 bits per heavy atom. The van der Waals surface area contributed by atoms with Crippen LogP contribution in [0.2, 0.25) is 0 Å². The summed E-state index contributed by atoms with van der Waals surface area (Å²) in [4.78, 5) is 0. The van der Waals surface area contributed by atoms with Crippen LogP contribution in [0.4, 0.5) is 0 Å². The summed E-state index contributed by atoms with van der Waals surface area (Å²) < 4.78 is 7.50. The van der Waals surface area contributed by atoms with Crippen LogP contribution in [-0.4, -0.2) is 22.9 Å². The van der Waals surface area contributed by atoms with Gasteiger partial charge in [-0.25, -0.2) is 0 Å². The summed E-state index contributed by atoms with van der Waals surface area (Å²) in [6.07, 6.45) is 1.81. The molecule has 18 heavy (non-hydrogen) atoms. The van der Waals surface area contributed by atoms with Gasteiger partial charge in [0.2, 0.25) is 0 Å². The highest BCUT2D eigenvalue weighted by molar-refractivity contribution is 5.20. The third-order valence-electron chi connectivity index (χ3n) is 2.87. The summed E-state index contributed by atoms with van der Waals surface area (Å²) in [6, 6.07) is 12.2. The molecule has 1 aromatic carbocycles. The summed E-state index contributed by atoms with van der Waals surface area (Å²) >= 11 is 0. The molecule has 0 aliphatic rings. The predicted octanol–water partition coefficient (Wildman–Crippen LogP) is 2.15. The standard InChI is InChI=1S/C14H19N3O/c1-12(14-8-9-16-17(14)2)15-10-11-18-13-6-4-3-5-7-13/h3-9,12,15H,10-11H2,1-2H3. The van der Waals surface area contributed by atoms with Gasteiger partial charge in [-0.3, -0.25) is 4.68 Å². The minimum atomic E-state index is 0.275. The van der Waals surface area contributed by atoms with Crippen LogP contribution in [0.3, 0.4) is 0 Å². The lowest BCUT2D eigenvalue weighted by Crippen LogP contribution is -2.25. The van der Waals surface area contributed by atoms with Crippen molar-refractivity contribution >= 4 is 0 Å². The number of benzene rings is 1. The molecule has 0 saturated heterocycles. The first-order chi connectivity index (χ1) is 8.77. The molecule has 1 N–H and O–H groups in total. The molecule has 0 fully saturated rings. The summed E-state index contributed by atoms with van der Waals surface area (Å²) in [5.41, 5.74) is 1.18. The molecule has 96 valence electrons. The van der Waals surface area contributed by atoms with E-state index in [1.54, 1.807) is 0 Å². The van der Waals surface area contributed by atoms with Gasteiger partial charge < -0.3 is 10.1 Å². The normalized spacial score (nSPS) is 12.3. The fraction of sp³-hybridized carbons (Fsp3) is 0.357. The van der Waals surface area contributed by atoms with E-state index >= 15 is 0 Å². The van der Waals surface area contributed by atoms with E-state index in [0.717, 1.165) is 12.3 Å². The Morgan fingerprint density at radius 2 is 2.06 bits per heavy atom. The molecule has 2 rings (SSSR count). The number of para-hydroxylation sites is 1. The van der Waals surface area contributed by atoms with Crippen molar-refractivity contribution in [1.82, 2.24) is 15.1 Å². The molecule has 0 saturated carbocycles. The minimum Gasteiger partial charge on any atom is -0.492 e. The lowest BCUT2D eigenvalue weighted by molar-refractivity contribution is 0.306. The molecule has 4 nitrogen and oxygen atoms in total. The maximum atomic E-state index is 5.62. The molecule has 1 aromatic heterocycles. The van der Waals surface area contributed by atoms with Crippen molar-refractivity contribution in [2.45, 2.75) is 13.0 Å². The van der Waals surface area contributed by atoms with Crippen LogP contribution in [-0.2, 0) is 7.05 Å². The van der Waals surface area contributed by atoms with Crippen molar-refractivity contribution in [3.8, 4) is 5.75 Å². The maximum Gasteiger partial charge on any atom is 0.119 e. The highest BCUT2D eigenvalue weighted by Gasteiger charge is 2.07. The molecule has 4 heteroatoms. The average Bonchev–Trinajstić information content (AvgIpc) is 2.82. The quantitative estimate of drug-likeness (QED) is 0.793. The molecule has 0 radical (unpaired) electrons. The van der Waals surface area contributed by atoms with Gasteiger partial charge in [0.1, 0.15) is 12.4 Å². The Kier molecular flexibility index (Phi) is 4.36. The smallest absolute Gasteiger partial charge is 0.119 e. The summed E-state index contributed by atoms with van der Waals surface area (Å²) in [6.45, 7) is 3.59. The number of nitrogens with one attached hydrogen (secondary N) is 1. The molecule has 2 aromatic rings. The van der Waals surface area contributed by atoms with Gasteiger partial charge in [-0.15, -0.1) is 0 Å². The molecular weight excluding hydrogens is 226 g/mol. The fourth-order valence-corrected chi connectivity index (χ4v) is 1.87. The first-order valence-electron chi connectivity index (χ1n) is 6.16. The molecule has 1 heterocycles. The first-order valence-corrected chi connectivity index (χ1v) is 6.16. The van der Waals surface area contributed by atoms with E-state index in [1.807, 2.05) is 54.3 Å². The van der Waals surface area contributed by atoms with Crippen LogP contribution in [0.25, 0.3) is 0 Å². The summed E-state index contributed by atoms with van der Waals surface area (Å²) in [5.74, 6) is 0.910. The van der Waals surface area contributed by atoms with Crippen molar-refractivity contribution in [2.75, 3.05) is 13.2 Å². The van der Waals surface area contributed by atoms with E-state index in [2.05, 4.69) is 17.3 Å². The van der Waals surface area contributed by atoms with E-state index in [9.17, 15) is 0 Å². The lowest BCUT2D eigenvalue weighted by Gasteiger charge is -2.14. The molecule has 1 unspecified atom stereocenters. The Bertz CT molecular complexity index is 467. The molecular formula is C14H19N3O. The van der Waals surface area contributed by atoms with Gasteiger partial charge in [-0.1, -0.05) is 18.2 Å². The van der Waals surface area contributed by atoms with Crippen molar-refractivity contribution in [3.05, 3.63) is 48.3 Å². The zero-order chi connectivity index (χ0) is 12.8. The van der Waals surface area contributed by atoms with Gasteiger partial charge in [-0.05, 0) is 25.1 Å². The second-order valence-corrected chi connectivity index (χ2v) is 4.22. The van der Waals surface area contributed by atoms with E-state index < -0.39 is 0 Å². The molecule has 0 bridgehead atoms. The van der Waals surface area contributed by atoms with E-state index in [4.69, 9.17) is 4.74 Å². The Labute approximate surface area is 108 Å². The number of hydrogen-bond acceptors (Lipinski definition) is 3. The molecule has 1 atom stereocenters. The van der Waals surface area contributed by atoms with Gasteiger partial charge in [0.05, 0.1) is 5.69 Å². The zero-order valence-corrected chi connectivity index (χ0v) is 10.8. The Balaban J connectivity index is 1.71. The monoisotopic (exact) mass is 245 g/mol. The number of rotatable bonds is 6. The second kappa shape index (κ2) is 6.21. The van der Waals surface area contributed by atoms with Crippen LogP contribution in [0.5, 0.6) is 5.75 Å². The van der Waals surface area contributed by atoms with Gasteiger partial charge in [0.15, 0.2) is 0 Å². The van der Waals surface area contributed by atoms with Crippen molar-refractivity contribution in [1.29, 1.82) is 0 Å². The third kappa shape index (κ3) is 3.34. The van der Waals surface area contributed by atoms with Gasteiger partial charge in [0, 0.05) is 25.8 Å². The number of aryl methyl sites for hydroxylation is 1. The van der Waals surface area contributed by atoms with Crippen LogP contribution >= 0.6 is 0 Å². The number of nitrogens with zero attached hydrogens (tertiary/aromatic N) is 2. The summed E-state index contributed by atoms with van der Waals surface area (Å²) in [5, 5.41) is 7.57. The molecule has 0 spiro atoms. The van der Waals surface area contributed by atoms with Gasteiger partial charge in [0.25, 0.3) is 0 Å². The SMILES string of the molecule is CC(NCCOc1ccccc1)c1ccnn1C. The first kappa shape index (κ1) is 12.6. The largest absolute Gasteiger partial charge is 0.492 e. The third-order valence-corrected chi connectivity index (χ3v) is 2.87. The summed E-state index contributed by atoms with van der Waals surface area (Å²) in [7, 11) is 1.95. The van der Waals surface area contributed by atoms with E-state index in [0.29, 0.717) is 6.61 Å². The highest BCUT2D eigenvalue weighted by Crippen LogP contribution is 2.10. The van der Waals surface area contributed by atoms with Crippen molar-refractivity contribution in [3.63, 3.8) is 0 Å². The minimum absolute atomic E-state index is 0.275. The van der Waals surface area contributed by atoms with Gasteiger partial charge in [-0.2, -0.15) is 5.10 Å². The fourth-order valence-electron chi connectivity index (χ4n) is 1.87. The van der Waals surface area contributed by atoms with Crippen LogP contribution < -0.4 is 10.1 Å². The molecule has 0 amide bonds. The second-order valence-electron chi connectivity index (χ2n) is 4.22. The Morgan fingerprint density at radius 3 is 2.72 bits per heavy atom. The predicted molar refractivity (Wildman–Crippen MR) is 71.6 cm³/mol. The van der Waals surface area contributed by atoms with Crippen molar-refractivity contribution in [2.24, 2.45) is 7.05 Å². The number of hydrogen-bond donors (Lipinski definition) is 1. The van der Waals surface area contributed by atoms with Crippen LogP contribution in [0.1, 0.15) is 18.7 Å². The van der Waals surface area contributed by atoms with E-state index in [1.165, 1.54) is 5.69 Å². The lowest BCUT2D eigenvalue weighted by atomic mass is 10.2. The highest BCUT2D eigenvalue weighted by atomic mass is 16.5. The zero-order valence-electron chi connectivity index (χ0n) is 10.8. The van der Waals surface area contributed by atoms with Crippen LogP contribution in [0, 0.1) is 0 Å². The average molecular weight is 245 g/mol. The Hall–Kier alpha value is -1.81. The number of aromatic nitrogens is 2. The molecule has 0 aliphatic heterocycles. The van der Waals surface area contributed by atoms with E-state index in [-0.39, 0.29) is 6.04 Å².